The van der Waals surface area contributed by atoms with E-state index in [0.717, 1.165) is 19.3 Å². The van der Waals surface area contributed by atoms with Gasteiger partial charge in [0.05, 0.1) is 0 Å². The standard InChI is InChI=1S/C25H48N4O6/c1-16(2)18(28-22(32)34-24(5,6)7)20(30)26-14-12-11-13-15-27-21(31)19(17(3)4)29-23(33)35-25(8,9)10/h16-19H,11-15H2,1-10H3,(H,26,30)(H,27,31)(H,28,32)(H,29,33)/t18-,19-/m0/s1. The second-order valence-electron chi connectivity index (χ2n) is 11.4. The summed E-state index contributed by atoms with van der Waals surface area (Å²) in [5.74, 6) is -0.707. The molecule has 4 amide bonds. The van der Waals surface area contributed by atoms with Crippen molar-refractivity contribution in [1.82, 2.24) is 21.3 Å². The molecule has 35 heavy (non-hydrogen) atoms. The van der Waals surface area contributed by atoms with Crippen molar-refractivity contribution in [3.8, 4) is 0 Å². The number of hydrogen-bond acceptors (Lipinski definition) is 6. The Bertz CT molecular complexity index is 637. The van der Waals surface area contributed by atoms with E-state index in [1.165, 1.54) is 0 Å². The minimum Gasteiger partial charge on any atom is -0.444 e. The van der Waals surface area contributed by atoms with Crippen molar-refractivity contribution in [1.29, 1.82) is 0 Å². The molecule has 0 aromatic heterocycles. The van der Waals surface area contributed by atoms with Crippen LogP contribution in [-0.4, -0.2) is 60.4 Å². The second-order valence-corrected chi connectivity index (χ2v) is 11.4. The zero-order chi connectivity index (χ0) is 27.4. The van der Waals surface area contributed by atoms with Crippen molar-refractivity contribution in [3.63, 3.8) is 0 Å². The highest BCUT2D eigenvalue weighted by Gasteiger charge is 2.27. The van der Waals surface area contributed by atoms with E-state index >= 15 is 0 Å². The largest absolute Gasteiger partial charge is 0.444 e. The molecule has 10 nitrogen and oxygen atoms in total. The van der Waals surface area contributed by atoms with Crippen molar-refractivity contribution in [2.75, 3.05) is 13.1 Å². The Labute approximate surface area is 211 Å². The first-order chi connectivity index (χ1) is 15.9. The molecular weight excluding hydrogens is 452 g/mol. The van der Waals surface area contributed by atoms with Gasteiger partial charge < -0.3 is 30.7 Å². The lowest BCUT2D eigenvalue weighted by molar-refractivity contribution is -0.124. The lowest BCUT2D eigenvalue weighted by Gasteiger charge is -2.25. The van der Waals surface area contributed by atoms with E-state index in [2.05, 4.69) is 21.3 Å². The molecule has 0 aromatic carbocycles. The van der Waals surface area contributed by atoms with Crippen LogP contribution >= 0.6 is 0 Å². The molecular formula is C25H48N4O6. The van der Waals surface area contributed by atoms with Gasteiger partial charge >= 0.3 is 12.2 Å². The fourth-order valence-electron chi connectivity index (χ4n) is 3.01. The number of rotatable bonds is 12. The maximum Gasteiger partial charge on any atom is 0.408 e. The summed E-state index contributed by atoms with van der Waals surface area (Å²) in [5.41, 5.74) is -1.28. The van der Waals surface area contributed by atoms with Gasteiger partial charge in [0.25, 0.3) is 0 Å². The first-order valence-electron chi connectivity index (χ1n) is 12.5. The Kier molecular flexibility index (Phi) is 13.7. The highest BCUT2D eigenvalue weighted by atomic mass is 16.6. The number of carbonyl (C=O) groups excluding carboxylic acids is 4. The van der Waals surface area contributed by atoms with Gasteiger partial charge in [-0.3, -0.25) is 9.59 Å². The molecule has 0 heterocycles. The fourth-order valence-corrected chi connectivity index (χ4v) is 3.01. The van der Waals surface area contributed by atoms with Gasteiger partial charge in [0.1, 0.15) is 23.3 Å². The zero-order valence-corrected chi connectivity index (χ0v) is 23.3. The molecule has 10 heteroatoms. The molecule has 0 saturated heterocycles. The van der Waals surface area contributed by atoms with Crippen molar-refractivity contribution < 1.29 is 28.7 Å². The number of carbonyl (C=O) groups is 4. The zero-order valence-electron chi connectivity index (χ0n) is 23.3. The molecule has 0 fully saturated rings. The Morgan fingerprint density at radius 2 is 0.914 bits per heavy atom. The third-order valence-corrected chi connectivity index (χ3v) is 4.69. The van der Waals surface area contributed by atoms with Gasteiger partial charge in [0, 0.05) is 13.1 Å². The number of unbranched alkanes of at least 4 members (excludes halogenated alkanes) is 2. The van der Waals surface area contributed by atoms with Gasteiger partial charge in [-0.25, -0.2) is 9.59 Å². The lowest BCUT2D eigenvalue weighted by atomic mass is 10.0. The Morgan fingerprint density at radius 3 is 1.17 bits per heavy atom. The maximum absolute atomic E-state index is 12.5. The molecule has 0 aromatic rings. The summed E-state index contributed by atoms with van der Waals surface area (Å²) < 4.78 is 10.5. The molecule has 0 bridgehead atoms. The van der Waals surface area contributed by atoms with Crippen LogP contribution in [0, 0.1) is 11.8 Å². The van der Waals surface area contributed by atoms with E-state index in [9.17, 15) is 19.2 Å². The van der Waals surface area contributed by atoms with Crippen molar-refractivity contribution >= 4 is 24.0 Å². The molecule has 0 spiro atoms. The summed E-state index contributed by atoms with van der Waals surface area (Å²) in [6.45, 7) is 18.9. The topological polar surface area (TPSA) is 135 Å². The van der Waals surface area contributed by atoms with Crippen LogP contribution in [0.3, 0.4) is 0 Å². The van der Waals surface area contributed by atoms with Crippen LogP contribution in [0.25, 0.3) is 0 Å². The summed E-state index contributed by atoms with van der Waals surface area (Å²) in [7, 11) is 0. The van der Waals surface area contributed by atoms with E-state index in [4.69, 9.17) is 9.47 Å². The molecule has 0 aliphatic rings. The summed E-state index contributed by atoms with van der Waals surface area (Å²) in [6, 6.07) is -1.37. The third-order valence-electron chi connectivity index (χ3n) is 4.69. The monoisotopic (exact) mass is 500 g/mol. The van der Waals surface area contributed by atoms with Gasteiger partial charge in [0.2, 0.25) is 11.8 Å². The number of hydrogen-bond donors (Lipinski definition) is 4. The first kappa shape index (κ1) is 32.5. The van der Waals surface area contributed by atoms with Crippen LogP contribution in [0.5, 0.6) is 0 Å². The number of alkyl carbamates (subject to hydrolysis) is 2. The molecule has 4 N–H and O–H groups in total. The predicted octanol–water partition coefficient (Wildman–Crippen LogP) is 3.49. The average molecular weight is 501 g/mol. The van der Waals surface area contributed by atoms with Crippen LogP contribution in [0.2, 0.25) is 0 Å². The van der Waals surface area contributed by atoms with Gasteiger partial charge in [-0.05, 0) is 72.6 Å². The van der Waals surface area contributed by atoms with Gasteiger partial charge in [0.15, 0.2) is 0 Å². The van der Waals surface area contributed by atoms with Gasteiger partial charge in [-0.2, -0.15) is 0 Å². The summed E-state index contributed by atoms with van der Waals surface area (Å²) in [4.78, 5) is 49.0. The van der Waals surface area contributed by atoms with E-state index < -0.39 is 35.5 Å². The van der Waals surface area contributed by atoms with Crippen LogP contribution in [-0.2, 0) is 19.1 Å². The minimum absolute atomic E-state index is 0.0964. The van der Waals surface area contributed by atoms with Gasteiger partial charge in [-0.1, -0.05) is 27.7 Å². The summed E-state index contributed by atoms with van der Waals surface area (Å²) in [6.07, 6.45) is 0.995. The summed E-state index contributed by atoms with van der Waals surface area (Å²) >= 11 is 0. The molecule has 0 radical (unpaired) electrons. The molecule has 0 saturated carbocycles. The van der Waals surface area contributed by atoms with Crippen molar-refractivity contribution in [3.05, 3.63) is 0 Å². The molecule has 2 atom stereocenters. The quantitative estimate of drug-likeness (QED) is 0.303. The Morgan fingerprint density at radius 1 is 0.600 bits per heavy atom. The number of amides is 4. The van der Waals surface area contributed by atoms with E-state index in [1.54, 1.807) is 41.5 Å². The molecule has 204 valence electrons. The van der Waals surface area contributed by atoms with Crippen molar-refractivity contribution in [2.24, 2.45) is 11.8 Å². The Balaban J connectivity index is 4.34. The highest BCUT2D eigenvalue weighted by molar-refractivity contribution is 5.86. The van der Waals surface area contributed by atoms with Crippen LogP contribution in [0.15, 0.2) is 0 Å². The normalized spacial score (nSPS) is 13.6. The van der Waals surface area contributed by atoms with Crippen molar-refractivity contribution in [2.45, 2.75) is 112 Å². The van der Waals surface area contributed by atoms with Gasteiger partial charge in [-0.15, -0.1) is 0 Å². The van der Waals surface area contributed by atoms with E-state index in [-0.39, 0.29) is 23.7 Å². The van der Waals surface area contributed by atoms with Crippen LogP contribution < -0.4 is 21.3 Å². The molecule has 0 aliphatic carbocycles. The maximum atomic E-state index is 12.5. The molecule has 0 unspecified atom stereocenters. The smallest absolute Gasteiger partial charge is 0.408 e. The Hall–Kier alpha value is -2.52. The summed E-state index contributed by atoms with van der Waals surface area (Å²) in [5, 5.41) is 11.0. The minimum atomic E-state index is -0.686. The molecule has 0 aliphatic heterocycles. The van der Waals surface area contributed by atoms with Crippen LogP contribution in [0.1, 0.15) is 88.5 Å². The highest BCUT2D eigenvalue weighted by Crippen LogP contribution is 2.10. The predicted molar refractivity (Wildman–Crippen MR) is 136 cm³/mol. The van der Waals surface area contributed by atoms with E-state index in [1.807, 2.05) is 27.7 Å². The number of ether oxygens (including phenoxy) is 2. The number of nitrogens with one attached hydrogen (secondary N) is 4. The molecule has 0 rings (SSSR count). The van der Waals surface area contributed by atoms with Crippen LogP contribution in [0.4, 0.5) is 9.59 Å². The fraction of sp³-hybridized carbons (Fsp3) is 0.840. The third kappa shape index (κ3) is 15.9. The lowest BCUT2D eigenvalue weighted by Crippen LogP contribution is -2.51. The second kappa shape index (κ2) is 14.8. The first-order valence-corrected chi connectivity index (χ1v) is 12.5. The van der Waals surface area contributed by atoms with E-state index in [0.29, 0.717) is 13.1 Å². The average Bonchev–Trinajstić information content (AvgIpc) is 2.65. The SMILES string of the molecule is CC(C)[C@H](NC(=O)OC(C)(C)C)C(=O)NCCCCCNC(=O)[C@@H](NC(=O)OC(C)(C)C)C(C)C.